The summed E-state index contributed by atoms with van der Waals surface area (Å²) in [4.78, 5) is 0. The van der Waals surface area contributed by atoms with Crippen LogP contribution in [-0.4, -0.2) is 10.2 Å². The molecule has 2 aliphatic carbocycles. The minimum atomic E-state index is -2.64. The van der Waals surface area contributed by atoms with Crippen molar-refractivity contribution in [3.63, 3.8) is 0 Å². The number of aromatic nitrogens is 2. The van der Waals surface area contributed by atoms with Gasteiger partial charge in [0.2, 0.25) is 0 Å². The SMILES string of the molecule is FC1(F)c2[nH]ncc2C2CC[C@H]21. The van der Waals surface area contributed by atoms with Crippen LogP contribution in [-0.2, 0) is 5.92 Å². The highest BCUT2D eigenvalue weighted by molar-refractivity contribution is 5.36. The molecular formula is C8H8F2N2. The second-order valence-electron chi connectivity index (χ2n) is 3.61. The predicted octanol–water partition coefficient (Wildman–Crippen LogP) is 2.01. The van der Waals surface area contributed by atoms with Crippen LogP contribution in [0.25, 0.3) is 0 Å². The van der Waals surface area contributed by atoms with Crippen molar-refractivity contribution in [2.75, 3.05) is 0 Å². The molecule has 0 saturated heterocycles. The van der Waals surface area contributed by atoms with Gasteiger partial charge in [0.05, 0.1) is 6.20 Å². The molecule has 1 N–H and O–H groups in total. The molecule has 3 rings (SSSR count). The summed E-state index contributed by atoms with van der Waals surface area (Å²) < 4.78 is 26.8. The Hall–Kier alpha value is -0.930. The Morgan fingerprint density at radius 3 is 3.00 bits per heavy atom. The summed E-state index contributed by atoms with van der Waals surface area (Å²) in [5.74, 6) is -3.01. The third-order valence-corrected chi connectivity index (χ3v) is 3.14. The van der Waals surface area contributed by atoms with E-state index in [0.717, 1.165) is 12.0 Å². The number of H-pyrrole nitrogens is 1. The zero-order valence-electron chi connectivity index (χ0n) is 6.35. The lowest BCUT2D eigenvalue weighted by molar-refractivity contribution is -0.0905. The number of alkyl halides is 2. The van der Waals surface area contributed by atoms with Gasteiger partial charge in [0.1, 0.15) is 5.69 Å². The van der Waals surface area contributed by atoms with Gasteiger partial charge in [0, 0.05) is 11.5 Å². The molecule has 1 unspecified atom stereocenters. The van der Waals surface area contributed by atoms with Crippen LogP contribution >= 0.6 is 0 Å². The molecule has 0 aliphatic heterocycles. The van der Waals surface area contributed by atoms with Gasteiger partial charge in [-0.15, -0.1) is 0 Å². The molecule has 1 aromatic heterocycles. The van der Waals surface area contributed by atoms with Crippen molar-refractivity contribution in [1.82, 2.24) is 10.2 Å². The quantitative estimate of drug-likeness (QED) is 0.633. The van der Waals surface area contributed by atoms with Crippen molar-refractivity contribution < 1.29 is 8.78 Å². The molecule has 0 radical (unpaired) electrons. The molecular weight excluding hydrogens is 162 g/mol. The molecule has 1 fully saturated rings. The Morgan fingerprint density at radius 2 is 2.33 bits per heavy atom. The Morgan fingerprint density at radius 1 is 1.50 bits per heavy atom. The first-order valence-corrected chi connectivity index (χ1v) is 4.13. The summed E-state index contributed by atoms with van der Waals surface area (Å²) in [7, 11) is 0. The Bertz CT molecular complexity index is 332. The highest BCUT2D eigenvalue weighted by Gasteiger charge is 2.59. The van der Waals surface area contributed by atoms with Crippen LogP contribution in [0.1, 0.15) is 30.0 Å². The van der Waals surface area contributed by atoms with Crippen LogP contribution < -0.4 is 0 Å². The van der Waals surface area contributed by atoms with Crippen molar-refractivity contribution in [1.29, 1.82) is 0 Å². The van der Waals surface area contributed by atoms with Crippen molar-refractivity contribution >= 4 is 0 Å². The fraction of sp³-hybridized carbons (Fsp3) is 0.625. The van der Waals surface area contributed by atoms with Crippen LogP contribution in [0.15, 0.2) is 6.20 Å². The zero-order chi connectivity index (χ0) is 8.34. The molecule has 0 amide bonds. The first-order valence-electron chi connectivity index (χ1n) is 4.13. The number of hydrogen-bond acceptors (Lipinski definition) is 1. The second-order valence-corrected chi connectivity index (χ2v) is 3.61. The topological polar surface area (TPSA) is 28.7 Å². The van der Waals surface area contributed by atoms with Crippen LogP contribution in [0.4, 0.5) is 8.78 Å². The minimum Gasteiger partial charge on any atom is -0.276 e. The second kappa shape index (κ2) is 1.70. The molecule has 1 saturated carbocycles. The standard InChI is InChI=1S/C8H8F2N2/c9-8(10)6-2-1-4(6)5-3-11-12-7(5)8/h3-4,6H,1-2H2,(H,11,12)/t4?,6-/m1/s1. The van der Waals surface area contributed by atoms with Gasteiger partial charge in [-0.25, -0.2) is 0 Å². The zero-order valence-corrected chi connectivity index (χ0v) is 6.35. The highest BCUT2D eigenvalue weighted by atomic mass is 19.3. The van der Waals surface area contributed by atoms with Gasteiger partial charge in [-0.2, -0.15) is 13.9 Å². The molecule has 0 spiro atoms. The van der Waals surface area contributed by atoms with E-state index >= 15 is 0 Å². The van der Waals surface area contributed by atoms with Crippen LogP contribution in [0, 0.1) is 5.92 Å². The number of nitrogens with one attached hydrogen (secondary N) is 1. The molecule has 64 valence electrons. The van der Waals surface area contributed by atoms with E-state index in [1.54, 1.807) is 6.20 Å². The van der Waals surface area contributed by atoms with Gasteiger partial charge in [-0.3, -0.25) is 5.10 Å². The molecule has 4 heteroatoms. The summed E-state index contributed by atoms with van der Waals surface area (Å²) in [6.45, 7) is 0. The molecule has 12 heavy (non-hydrogen) atoms. The summed E-state index contributed by atoms with van der Waals surface area (Å²) in [5.41, 5.74) is 0.811. The average molecular weight is 170 g/mol. The fourth-order valence-corrected chi connectivity index (χ4v) is 2.34. The van der Waals surface area contributed by atoms with Crippen molar-refractivity contribution in [3.05, 3.63) is 17.5 Å². The lowest BCUT2D eigenvalue weighted by atomic mass is 9.73. The largest absolute Gasteiger partial charge is 0.292 e. The van der Waals surface area contributed by atoms with Gasteiger partial charge in [0.15, 0.2) is 0 Å². The number of rotatable bonds is 0. The number of aromatic amines is 1. The van der Waals surface area contributed by atoms with E-state index in [1.165, 1.54) is 0 Å². The van der Waals surface area contributed by atoms with Crippen LogP contribution in [0.2, 0.25) is 0 Å². The molecule has 2 nitrogen and oxygen atoms in total. The smallest absolute Gasteiger partial charge is 0.276 e. The van der Waals surface area contributed by atoms with E-state index < -0.39 is 11.8 Å². The predicted molar refractivity (Wildman–Crippen MR) is 37.9 cm³/mol. The first kappa shape index (κ1) is 6.57. The average Bonchev–Trinajstić information content (AvgIpc) is 2.35. The first-order chi connectivity index (χ1) is 5.71. The Kier molecular flexibility index (Phi) is 0.931. The molecule has 1 heterocycles. The fourth-order valence-electron chi connectivity index (χ4n) is 2.34. The van der Waals surface area contributed by atoms with E-state index in [1.807, 2.05) is 0 Å². The normalized spacial score (nSPS) is 35.5. The van der Waals surface area contributed by atoms with Gasteiger partial charge in [-0.1, -0.05) is 0 Å². The maximum atomic E-state index is 13.4. The van der Waals surface area contributed by atoms with Crippen molar-refractivity contribution in [3.8, 4) is 0 Å². The van der Waals surface area contributed by atoms with Gasteiger partial charge in [0.25, 0.3) is 5.92 Å². The van der Waals surface area contributed by atoms with E-state index in [9.17, 15) is 8.78 Å². The summed E-state index contributed by atoms with van der Waals surface area (Å²) in [5, 5.41) is 6.06. The van der Waals surface area contributed by atoms with E-state index in [2.05, 4.69) is 10.2 Å². The van der Waals surface area contributed by atoms with Gasteiger partial charge < -0.3 is 0 Å². The number of halogens is 2. The molecule has 2 aliphatic rings. The number of nitrogens with zero attached hydrogens (tertiary/aromatic N) is 1. The van der Waals surface area contributed by atoms with Crippen molar-refractivity contribution in [2.45, 2.75) is 24.7 Å². The molecule has 1 aromatic rings. The van der Waals surface area contributed by atoms with Gasteiger partial charge >= 0.3 is 0 Å². The Labute approximate surface area is 68.0 Å². The maximum Gasteiger partial charge on any atom is 0.292 e. The number of fused-ring (bicyclic) bond motifs is 3. The monoisotopic (exact) mass is 170 g/mol. The molecule has 2 atom stereocenters. The summed E-state index contributed by atoms with van der Waals surface area (Å²) in [6.07, 6.45) is 3.10. The van der Waals surface area contributed by atoms with Crippen LogP contribution in [0.5, 0.6) is 0 Å². The lowest BCUT2D eigenvalue weighted by Crippen LogP contribution is -2.30. The summed E-state index contributed by atoms with van der Waals surface area (Å²) >= 11 is 0. The third-order valence-electron chi connectivity index (χ3n) is 3.14. The van der Waals surface area contributed by atoms with E-state index in [0.29, 0.717) is 6.42 Å². The van der Waals surface area contributed by atoms with Crippen molar-refractivity contribution in [2.24, 2.45) is 5.92 Å². The van der Waals surface area contributed by atoms with E-state index in [4.69, 9.17) is 0 Å². The Balaban J connectivity index is 2.20. The maximum absolute atomic E-state index is 13.4. The molecule has 0 aromatic carbocycles. The summed E-state index contributed by atoms with van der Waals surface area (Å²) in [6, 6.07) is 0. The number of hydrogen-bond donors (Lipinski definition) is 1. The van der Waals surface area contributed by atoms with Crippen LogP contribution in [0.3, 0.4) is 0 Å². The highest BCUT2D eigenvalue weighted by Crippen LogP contribution is 2.61. The third kappa shape index (κ3) is 0.509. The minimum absolute atomic E-state index is 0.0648. The lowest BCUT2D eigenvalue weighted by Gasteiger charge is -2.33. The van der Waals surface area contributed by atoms with E-state index in [-0.39, 0.29) is 11.6 Å². The van der Waals surface area contributed by atoms with Gasteiger partial charge in [-0.05, 0) is 18.8 Å². The molecule has 0 bridgehead atoms.